The number of hydrogen-bond acceptors (Lipinski definition) is 0. The molecule has 0 amide bonds. The Balaban J connectivity index is 0.000000122. The van der Waals surface area contributed by atoms with Crippen LogP contribution in [-0.2, 0) is 0 Å². The summed E-state index contributed by atoms with van der Waals surface area (Å²) in [5.74, 6) is 0. The van der Waals surface area contributed by atoms with Crippen molar-refractivity contribution in [2.75, 3.05) is 0 Å². The van der Waals surface area contributed by atoms with Crippen molar-refractivity contribution < 1.29 is 0 Å². The summed E-state index contributed by atoms with van der Waals surface area (Å²) in [6.07, 6.45) is 0. The molecule has 20 aromatic carbocycles. The van der Waals surface area contributed by atoms with Gasteiger partial charge in [0.25, 0.3) is 0 Å². The van der Waals surface area contributed by atoms with E-state index in [4.69, 9.17) is 0 Å². The molecule has 0 saturated heterocycles. The van der Waals surface area contributed by atoms with Gasteiger partial charge in [0.1, 0.15) is 0 Å². The molecular weight excluding hydrogens is 1490 g/mol. The van der Waals surface area contributed by atoms with Crippen LogP contribution in [-0.4, -0.2) is 0 Å². The fourth-order valence-corrected chi connectivity index (χ4v) is 15.7. The van der Waals surface area contributed by atoms with E-state index < -0.39 is 0 Å². The molecule has 0 nitrogen and oxygen atoms in total. The zero-order valence-electron chi connectivity index (χ0n) is 75.3. The maximum atomic E-state index is 2.30. The summed E-state index contributed by atoms with van der Waals surface area (Å²) in [5, 5.41) is 16.0. The smallest absolute Gasteiger partial charge is 0.0146 e. The fourth-order valence-electron chi connectivity index (χ4n) is 15.7. The van der Waals surface area contributed by atoms with Crippen molar-refractivity contribution in [3.8, 4) is 66.8 Å². The second-order valence-corrected chi connectivity index (χ2v) is 33.6. The van der Waals surface area contributed by atoms with E-state index in [9.17, 15) is 0 Å². The van der Waals surface area contributed by atoms with Gasteiger partial charge in [0, 0.05) is 0 Å². The van der Waals surface area contributed by atoms with Gasteiger partial charge < -0.3 is 0 Å². The van der Waals surface area contributed by atoms with Gasteiger partial charge in [-0.2, -0.15) is 0 Å². The molecule has 0 unspecified atom stereocenters. The fraction of sp³-hybridized carbons (Fsp3) is 0.129. The first-order chi connectivity index (χ1) is 60.0. The van der Waals surface area contributed by atoms with Crippen molar-refractivity contribution in [3.63, 3.8) is 0 Å². The van der Waals surface area contributed by atoms with Crippen LogP contribution in [0.5, 0.6) is 0 Å². The topological polar surface area (TPSA) is 0 Å². The van der Waals surface area contributed by atoms with Gasteiger partial charge in [-0.25, -0.2) is 0 Å². The van der Waals surface area contributed by atoms with Crippen LogP contribution in [0.2, 0.25) is 0 Å². The lowest BCUT2D eigenvalue weighted by atomic mass is 9.97. The Morgan fingerprint density at radius 3 is 0.645 bits per heavy atom. The van der Waals surface area contributed by atoms with Gasteiger partial charge in [0.2, 0.25) is 0 Å². The van der Waals surface area contributed by atoms with Crippen molar-refractivity contribution in [2.24, 2.45) is 0 Å². The minimum atomic E-state index is 1.26. The first kappa shape index (κ1) is 87.8. The maximum absolute atomic E-state index is 2.30. The molecule has 0 aromatic heterocycles. The molecular formula is C124H116. The zero-order chi connectivity index (χ0) is 87.2. The standard InChI is InChI=1S/C20H18.3C16H14.4C14H14/c1-15-3-7-17(8-4-15)19-11-13-20(14-12-19)18-9-5-16(2)6-10-18;1-11-3-5-13-10-16-8-12(2)4-6-14(16)9-15(13)7-11;1-11-7-15-9-13-5-3-4-6-14(13)10-16(15)8-12(11)2;1-11-7-8-12(2)16-10-14-6-4-3-5-13(14)9-15(11)16;1-11-3-7-13(8-4-11)14-9-5-12(2)6-10-14;1-11-5-3-7-13(9-11)14-8-4-6-12(2)10-14;1-11-7-3-5-9-13(11)14-10-6-4-8-12(14)2;1-11-6-5-8-13(10-11)14-9-4-3-7-12(14)2/h3-14H,1-2H3;3*3-10H,1-2H3;4*3-10H,1-2H3. The molecule has 124 heavy (non-hydrogen) atoms. The van der Waals surface area contributed by atoms with Gasteiger partial charge in [-0.15, -0.1) is 0 Å². The van der Waals surface area contributed by atoms with Gasteiger partial charge in [-0.1, -0.05) is 426 Å². The Hall–Kier alpha value is -14.0. The zero-order valence-corrected chi connectivity index (χ0v) is 75.3. The Morgan fingerprint density at radius 2 is 0.339 bits per heavy atom. The molecule has 0 aliphatic rings. The van der Waals surface area contributed by atoms with Crippen LogP contribution in [0.3, 0.4) is 0 Å². The van der Waals surface area contributed by atoms with Crippen LogP contribution in [0.15, 0.2) is 413 Å². The molecule has 20 aromatic rings. The third-order valence-corrected chi connectivity index (χ3v) is 23.3. The van der Waals surface area contributed by atoms with Crippen LogP contribution in [0.25, 0.3) is 131 Å². The highest BCUT2D eigenvalue weighted by Crippen LogP contribution is 2.33. The summed E-state index contributed by atoms with van der Waals surface area (Å²) in [6.45, 7) is 34.3. The molecule has 0 bridgehead atoms. The van der Waals surface area contributed by atoms with E-state index in [0.717, 1.165) is 0 Å². The number of benzene rings is 20. The Bertz CT molecular complexity index is 6600. The summed E-state index contributed by atoms with van der Waals surface area (Å²) in [6, 6.07) is 148. The molecule has 20 rings (SSSR count). The lowest BCUT2D eigenvalue weighted by molar-refractivity contribution is 1.37. The monoisotopic (exact) mass is 1600 g/mol. The van der Waals surface area contributed by atoms with Gasteiger partial charge in [0.15, 0.2) is 0 Å². The van der Waals surface area contributed by atoms with E-state index in [1.54, 1.807) is 0 Å². The third-order valence-electron chi connectivity index (χ3n) is 23.3. The number of hydrogen-bond donors (Lipinski definition) is 0. The van der Waals surface area contributed by atoms with Gasteiger partial charge in [-0.3, -0.25) is 0 Å². The molecule has 0 N–H and O–H groups in total. The second kappa shape index (κ2) is 42.0. The van der Waals surface area contributed by atoms with E-state index in [2.05, 4.69) is 523 Å². The van der Waals surface area contributed by atoms with Gasteiger partial charge in [-0.05, 0) is 318 Å². The summed E-state index contributed by atoms with van der Waals surface area (Å²) < 4.78 is 0. The molecule has 0 atom stereocenters. The highest BCUT2D eigenvalue weighted by molar-refractivity contribution is 6.02. The summed E-state index contributed by atoms with van der Waals surface area (Å²) in [7, 11) is 0. The molecule has 0 heterocycles. The number of aryl methyl sites for hydroxylation is 16. The Labute approximate surface area is 738 Å². The van der Waals surface area contributed by atoms with Gasteiger partial charge >= 0.3 is 0 Å². The van der Waals surface area contributed by atoms with Gasteiger partial charge in [0.05, 0.1) is 0 Å². The highest BCUT2D eigenvalue weighted by Gasteiger charge is 2.09. The SMILES string of the molecule is Cc1cc2cc3ccccc3cc2cc1C.Cc1ccc(-c2ccc(-c3ccc(C)cc3)cc2)cc1.Cc1ccc(-c2ccc(C)cc2)cc1.Cc1ccc(C)c2cc3ccccc3cc12.Cc1ccc2cc3cc(C)ccc3cc2c1.Cc1cccc(-c2cccc(C)c2)c1.Cc1cccc(-c2ccccc2C)c1.Cc1ccccc1-c1ccccc1C. The van der Waals surface area contributed by atoms with Crippen LogP contribution in [0, 0.1) is 111 Å². The van der Waals surface area contributed by atoms with Crippen molar-refractivity contribution in [1.29, 1.82) is 0 Å². The van der Waals surface area contributed by atoms with Crippen molar-refractivity contribution >= 4 is 64.6 Å². The predicted molar refractivity (Wildman–Crippen MR) is 545 cm³/mol. The second-order valence-electron chi connectivity index (χ2n) is 33.6. The first-order valence-corrected chi connectivity index (χ1v) is 43.5. The predicted octanol–water partition coefficient (Wildman–Crippen LogP) is 35.3. The normalized spacial score (nSPS) is 10.6. The average Bonchev–Trinajstić information content (AvgIpc) is 0.788. The lowest BCUT2D eigenvalue weighted by Crippen LogP contribution is -1.85. The van der Waals surface area contributed by atoms with E-state index in [-0.39, 0.29) is 0 Å². The summed E-state index contributed by atoms with van der Waals surface area (Å²) >= 11 is 0. The largest absolute Gasteiger partial charge is 0.0620 e. The van der Waals surface area contributed by atoms with Crippen LogP contribution in [0.4, 0.5) is 0 Å². The summed E-state index contributed by atoms with van der Waals surface area (Å²) in [5.41, 5.74) is 36.8. The van der Waals surface area contributed by atoms with E-state index in [1.807, 2.05) is 0 Å². The molecule has 612 valence electrons. The lowest BCUT2D eigenvalue weighted by Gasteiger charge is -2.08. The highest BCUT2D eigenvalue weighted by atomic mass is 14.1. The Kier molecular flexibility index (Phi) is 29.7. The maximum Gasteiger partial charge on any atom is -0.0146 e. The molecule has 0 aliphatic carbocycles. The van der Waals surface area contributed by atoms with E-state index >= 15 is 0 Å². The summed E-state index contributed by atoms with van der Waals surface area (Å²) in [4.78, 5) is 0. The Morgan fingerprint density at radius 1 is 0.105 bits per heavy atom. The van der Waals surface area contributed by atoms with Crippen LogP contribution >= 0.6 is 0 Å². The van der Waals surface area contributed by atoms with Crippen LogP contribution < -0.4 is 0 Å². The first-order valence-electron chi connectivity index (χ1n) is 43.5. The number of fused-ring (bicyclic) bond motifs is 6. The quantitative estimate of drug-likeness (QED) is 0.146. The van der Waals surface area contributed by atoms with E-state index in [0.29, 0.717) is 0 Å². The molecule has 0 spiro atoms. The number of rotatable bonds is 6. The van der Waals surface area contributed by atoms with Crippen LogP contribution in [0.1, 0.15) is 89.0 Å². The minimum absolute atomic E-state index is 1.26. The minimum Gasteiger partial charge on any atom is -0.0620 e. The molecule has 0 saturated carbocycles. The molecule has 0 fully saturated rings. The van der Waals surface area contributed by atoms with Crippen molar-refractivity contribution in [1.82, 2.24) is 0 Å². The third kappa shape index (κ3) is 23.8. The van der Waals surface area contributed by atoms with E-state index in [1.165, 1.54) is 220 Å². The average molecular weight is 1610 g/mol. The molecule has 0 aliphatic heterocycles. The molecule has 0 heteroatoms. The van der Waals surface area contributed by atoms with Crippen molar-refractivity contribution in [2.45, 2.75) is 111 Å². The molecule has 0 radical (unpaired) electrons. The van der Waals surface area contributed by atoms with Crippen molar-refractivity contribution in [3.05, 3.63) is 502 Å².